The largest absolute Gasteiger partial charge is 0.462 e. The second-order valence-electron chi connectivity index (χ2n) is 5.12. The van der Waals surface area contributed by atoms with E-state index in [1.165, 1.54) is 6.08 Å². The lowest BCUT2D eigenvalue weighted by atomic mass is 10.1. The molecule has 0 saturated carbocycles. The Labute approximate surface area is 159 Å². The smallest absolute Gasteiger partial charge is 0.350 e. The third-order valence-electron chi connectivity index (χ3n) is 3.31. The first-order valence-corrected chi connectivity index (χ1v) is 9.63. The number of ether oxygens (including phenoxy) is 1. The van der Waals surface area contributed by atoms with E-state index in [4.69, 9.17) is 4.74 Å². The van der Waals surface area contributed by atoms with Gasteiger partial charge in [0.15, 0.2) is 5.13 Å². The summed E-state index contributed by atoms with van der Waals surface area (Å²) in [7, 11) is 0. The van der Waals surface area contributed by atoms with Crippen molar-refractivity contribution in [3.63, 3.8) is 0 Å². The lowest BCUT2D eigenvalue weighted by Gasteiger charge is -2.01. The first-order valence-electron chi connectivity index (χ1n) is 7.93. The van der Waals surface area contributed by atoms with E-state index in [9.17, 15) is 9.59 Å². The lowest BCUT2D eigenvalue weighted by molar-refractivity contribution is -0.111. The van der Waals surface area contributed by atoms with Gasteiger partial charge in [-0.2, -0.15) is 0 Å². The van der Waals surface area contributed by atoms with E-state index in [1.807, 2.05) is 47.8 Å². The van der Waals surface area contributed by atoms with Gasteiger partial charge in [-0.1, -0.05) is 47.7 Å². The lowest BCUT2D eigenvalue weighted by Crippen LogP contribution is -2.07. The van der Waals surface area contributed by atoms with Crippen molar-refractivity contribution < 1.29 is 14.3 Å². The van der Waals surface area contributed by atoms with Crippen LogP contribution in [-0.4, -0.2) is 23.5 Å². The fourth-order valence-electron chi connectivity index (χ4n) is 2.19. The molecule has 0 atom stereocenters. The third kappa shape index (κ3) is 4.44. The number of carbonyl (C=O) groups excluding carboxylic acids is 2. The van der Waals surface area contributed by atoms with Gasteiger partial charge >= 0.3 is 5.97 Å². The fourth-order valence-corrected chi connectivity index (χ4v) is 3.69. The number of nitrogens with zero attached hydrogens (tertiary/aromatic N) is 1. The predicted molar refractivity (Wildman–Crippen MR) is 105 cm³/mol. The predicted octanol–water partition coefficient (Wildman–Crippen LogP) is 4.70. The molecule has 1 aromatic carbocycles. The molecule has 26 heavy (non-hydrogen) atoms. The van der Waals surface area contributed by atoms with Gasteiger partial charge in [0.05, 0.1) is 12.3 Å². The number of carbonyl (C=O) groups is 2. The number of anilines is 1. The number of rotatable bonds is 6. The standard InChI is InChI=1S/C19H16N2O3S2/c1-2-24-18(23)17-16(13-7-4-3-5-8-13)21-19(26-17)20-15(22)11-10-14-9-6-12-25-14/h3-12H,2H2,1H3,(H,20,21,22). The fraction of sp³-hybridized carbons (Fsp3) is 0.105. The van der Waals surface area contributed by atoms with Crippen molar-refractivity contribution in [2.24, 2.45) is 0 Å². The Morgan fingerprint density at radius 1 is 1.19 bits per heavy atom. The summed E-state index contributed by atoms with van der Waals surface area (Å²) in [6, 6.07) is 13.2. The summed E-state index contributed by atoms with van der Waals surface area (Å²) >= 11 is 2.65. The zero-order valence-corrected chi connectivity index (χ0v) is 15.6. The molecule has 2 heterocycles. The molecule has 3 aromatic rings. The van der Waals surface area contributed by atoms with Gasteiger partial charge < -0.3 is 4.74 Å². The van der Waals surface area contributed by atoms with Crippen LogP contribution in [-0.2, 0) is 9.53 Å². The molecular weight excluding hydrogens is 368 g/mol. The highest BCUT2D eigenvalue weighted by atomic mass is 32.1. The highest BCUT2D eigenvalue weighted by molar-refractivity contribution is 7.18. The number of hydrogen-bond donors (Lipinski definition) is 1. The van der Waals surface area contributed by atoms with Crippen molar-refractivity contribution in [3.8, 4) is 11.3 Å². The van der Waals surface area contributed by atoms with Gasteiger partial charge in [0.25, 0.3) is 0 Å². The number of hydrogen-bond acceptors (Lipinski definition) is 6. The molecule has 1 amide bonds. The third-order valence-corrected chi connectivity index (χ3v) is 5.10. The summed E-state index contributed by atoms with van der Waals surface area (Å²) in [4.78, 5) is 30.1. The summed E-state index contributed by atoms with van der Waals surface area (Å²) in [5.41, 5.74) is 1.30. The molecule has 132 valence electrons. The molecule has 7 heteroatoms. The second-order valence-corrected chi connectivity index (χ2v) is 7.10. The number of aromatic nitrogens is 1. The molecule has 1 N–H and O–H groups in total. The molecule has 5 nitrogen and oxygen atoms in total. The molecular formula is C19H16N2O3S2. The second kappa shape index (κ2) is 8.55. The molecule has 0 saturated heterocycles. The molecule has 3 rings (SSSR count). The highest BCUT2D eigenvalue weighted by Crippen LogP contribution is 2.31. The van der Waals surface area contributed by atoms with Crippen LogP contribution in [0, 0.1) is 0 Å². The molecule has 0 spiro atoms. The molecule has 0 unspecified atom stereocenters. The Bertz CT molecular complexity index is 916. The van der Waals surface area contributed by atoms with Gasteiger partial charge in [-0.25, -0.2) is 9.78 Å². The number of thiophene rings is 1. The van der Waals surface area contributed by atoms with Crippen LogP contribution in [0.4, 0.5) is 5.13 Å². The molecule has 0 aliphatic carbocycles. The van der Waals surface area contributed by atoms with Crippen LogP contribution in [0.15, 0.2) is 53.9 Å². The molecule has 0 aliphatic heterocycles. The van der Waals surface area contributed by atoms with Crippen molar-refractivity contribution in [2.45, 2.75) is 6.92 Å². The molecule has 0 radical (unpaired) electrons. The van der Waals surface area contributed by atoms with Crippen LogP contribution in [0.2, 0.25) is 0 Å². The highest BCUT2D eigenvalue weighted by Gasteiger charge is 2.21. The van der Waals surface area contributed by atoms with Crippen LogP contribution in [0.1, 0.15) is 21.5 Å². The van der Waals surface area contributed by atoms with E-state index in [-0.39, 0.29) is 12.5 Å². The van der Waals surface area contributed by atoms with Gasteiger partial charge in [0.1, 0.15) is 4.88 Å². The Balaban J connectivity index is 1.83. The Morgan fingerprint density at radius 2 is 2.00 bits per heavy atom. The number of esters is 1. The summed E-state index contributed by atoms with van der Waals surface area (Å²) < 4.78 is 5.11. The van der Waals surface area contributed by atoms with Crippen LogP contribution >= 0.6 is 22.7 Å². The van der Waals surface area contributed by atoms with Crippen LogP contribution in [0.25, 0.3) is 17.3 Å². The normalized spacial score (nSPS) is 10.8. The van der Waals surface area contributed by atoms with E-state index >= 15 is 0 Å². The van der Waals surface area contributed by atoms with Crippen molar-refractivity contribution in [3.05, 3.63) is 63.7 Å². The maximum atomic E-state index is 12.2. The van der Waals surface area contributed by atoms with E-state index in [2.05, 4.69) is 10.3 Å². The monoisotopic (exact) mass is 384 g/mol. The van der Waals surface area contributed by atoms with Gasteiger partial charge in [-0.05, 0) is 24.4 Å². The zero-order valence-electron chi connectivity index (χ0n) is 14.0. The van der Waals surface area contributed by atoms with E-state index in [1.54, 1.807) is 24.3 Å². The average molecular weight is 384 g/mol. The average Bonchev–Trinajstić information content (AvgIpc) is 3.31. The Hall–Kier alpha value is -2.77. The Kier molecular flexibility index (Phi) is 5.93. The Morgan fingerprint density at radius 3 is 2.69 bits per heavy atom. The molecule has 2 aromatic heterocycles. The maximum absolute atomic E-state index is 12.2. The number of thiazole rings is 1. The van der Waals surface area contributed by atoms with Crippen molar-refractivity contribution >= 4 is 45.8 Å². The minimum absolute atomic E-state index is 0.274. The van der Waals surface area contributed by atoms with Crippen molar-refractivity contribution in [2.75, 3.05) is 11.9 Å². The first kappa shape index (κ1) is 18.0. The quantitative estimate of drug-likeness (QED) is 0.494. The maximum Gasteiger partial charge on any atom is 0.350 e. The summed E-state index contributed by atoms with van der Waals surface area (Å²) in [6.07, 6.45) is 3.18. The molecule has 0 fully saturated rings. The zero-order chi connectivity index (χ0) is 18.4. The van der Waals surface area contributed by atoms with Gasteiger partial charge in [-0.3, -0.25) is 10.1 Å². The van der Waals surface area contributed by atoms with E-state index in [0.717, 1.165) is 21.8 Å². The topological polar surface area (TPSA) is 68.3 Å². The van der Waals surface area contributed by atoms with Crippen LogP contribution in [0.3, 0.4) is 0 Å². The molecule has 0 aliphatic rings. The first-order chi connectivity index (χ1) is 12.7. The van der Waals surface area contributed by atoms with Gasteiger partial charge in [0, 0.05) is 16.5 Å². The van der Waals surface area contributed by atoms with Crippen LogP contribution < -0.4 is 5.32 Å². The summed E-state index contributed by atoms with van der Waals surface area (Å²) in [5, 5.41) is 5.01. The van der Waals surface area contributed by atoms with Crippen LogP contribution in [0.5, 0.6) is 0 Å². The van der Waals surface area contributed by atoms with Crippen molar-refractivity contribution in [1.82, 2.24) is 4.98 Å². The van der Waals surface area contributed by atoms with Crippen molar-refractivity contribution in [1.29, 1.82) is 0 Å². The number of benzene rings is 1. The minimum Gasteiger partial charge on any atom is -0.462 e. The minimum atomic E-state index is -0.446. The van der Waals surface area contributed by atoms with E-state index < -0.39 is 5.97 Å². The van der Waals surface area contributed by atoms with E-state index in [0.29, 0.717) is 15.7 Å². The number of nitrogens with one attached hydrogen (secondary N) is 1. The molecule has 0 bridgehead atoms. The number of amides is 1. The summed E-state index contributed by atoms with van der Waals surface area (Å²) in [6.45, 7) is 2.02. The SMILES string of the molecule is CCOC(=O)c1sc(NC(=O)C=Cc2cccs2)nc1-c1ccccc1. The van der Waals surface area contributed by atoms with Gasteiger partial charge in [-0.15, -0.1) is 11.3 Å². The van der Waals surface area contributed by atoms with Gasteiger partial charge in [0.2, 0.25) is 5.91 Å². The summed E-state index contributed by atoms with van der Waals surface area (Å²) in [5.74, 6) is -0.749.